The maximum absolute atomic E-state index is 13.7. The summed E-state index contributed by atoms with van der Waals surface area (Å²) in [7, 11) is 0. The number of halogens is 1. The summed E-state index contributed by atoms with van der Waals surface area (Å²) in [4.78, 5) is 42.9. The van der Waals surface area contributed by atoms with Crippen molar-refractivity contribution in [3.05, 3.63) is 63.7 Å². The number of urea groups is 1. The average molecular weight is 471 g/mol. The molecule has 0 saturated heterocycles. The Morgan fingerprint density at radius 2 is 1.97 bits per heavy atom. The lowest BCUT2D eigenvalue weighted by molar-refractivity contribution is -0.134. The van der Waals surface area contributed by atoms with Crippen LogP contribution in [0.3, 0.4) is 0 Å². The van der Waals surface area contributed by atoms with Crippen molar-refractivity contribution >= 4 is 34.9 Å². The van der Waals surface area contributed by atoms with Gasteiger partial charge < -0.3 is 15.5 Å². The molecular formula is C24H27FN4O3S. The quantitative estimate of drug-likeness (QED) is 0.639. The minimum atomic E-state index is -0.731. The van der Waals surface area contributed by atoms with Crippen molar-refractivity contribution in [2.24, 2.45) is 5.92 Å². The van der Waals surface area contributed by atoms with Gasteiger partial charge in [-0.05, 0) is 65.9 Å². The fraction of sp³-hybridized carbons (Fsp3) is 0.375. The number of carbonyl (C=O) groups excluding carboxylic acids is 3. The molecule has 2 aromatic rings. The number of hydrogen-bond acceptors (Lipinski definition) is 4. The first-order valence-electron chi connectivity index (χ1n) is 11.0. The van der Waals surface area contributed by atoms with Gasteiger partial charge in [-0.25, -0.2) is 9.18 Å². The average Bonchev–Trinajstić information content (AvgIpc) is 3.42. The summed E-state index contributed by atoms with van der Waals surface area (Å²) >= 11 is 1.50. The maximum atomic E-state index is 13.7. The van der Waals surface area contributed by atoms with Gasteiger partial charge in [0.25, 0.3) is 5.91 Å². The topological polar surface area (TPSA) is 81.8 Å². The van der Waals surface area contributed by atoms with Crippen LogP contribution in [0.5, 0.6) is 0 Å². The van der Waals surface area contributed by atoms with Crippen molar-refractivity contribution < 1.29 is 18.8 Å². The molecule has 1 aromatic carbocycles. The largest absolute Gasteiger partial charge is 0.326 e. The molecule has 0 radical (unpaired) electrons. The van der Waals surface area contributed by atoms with Gasteiger partial charge >= 0.3 is 6.03 Å². The molecule has 3 heterocycles. The highest BCUT2D eigenvalue weighted by molar-refractivity contribution is 7.08. The maximum Gasteiger partial charge on any atom is 0.322 e. The Hall–Kier alpha value is -3.20. The van der Waals surface area contributed by atoms with Gasteiger partial charge in [0.05, 0.1) is 23.9 Å². The van der Waals surface area contributed by atoms with Gasteiger partial charge in [0.15, 0.2) is 0 Å². The number of likely N-dealkylation sites (N-methyl/N-ethyl adjacent to an activating group) is 1. The number of rotatable bonds is 7. The first-order chi connectivity index (χ1) is 15.8. The van der Waals surface area contributed by atoms with E-state index in [1.807, 2.05) is 37.6 Å². The summed E-state index contributed by atoms with van der Waals surface area (Å²) in [6, 6.07) is 5.89. The van der Waals surface area contributed by atoms with E-state index in [1.165, 1.54) is 35.6 Å². The van der Waals surface area contributed by atoms with Crippen LogP contribution in [0.1, 0.15) is 38.8 Å². The Bertz CT molecular complexity index is 1080. The molecule has 174 valence electrons. The van der Waals surface area contributed by atoms with E-state index in [0.29, 0.717) is 29.9 Å². The van der Waals surface area contributed by atoms with Crippen LogP contribution in [0.15, 0.2) is 52.4 Å². The van der Waals surface area contributed by atoms with E-state index in [2.05, 4.69) is 10.6 Å². The zero-order chi connectivity index (χ0) is 23.7. The van der Waals surface area contributed by atoms with Crippen molar-refractivity contribution in [2.45, 2.75) is 39.3 Å². The molecule has 1 aromatic heterocycles. The smallest absolute Gasteiger partial charge is 0.322 e. The number of thiophene rings is 1. The van der Waals surface area contributed by atoms with Gasteiger partial charge in [-0.2, -0.15) is 11.3 Å². The molecule has 4 amide bonds. The molecule has 0 fully saturated rings. The summed E-state index contributed by atoms with van der Waals surface area (Å²) < 4.78 is 13.3. The SMILES string of the molecule is CCN1C(=O)N[C@@H](c2ccsc2)C2=C1CN([C@H](CC(C)C)C(=O)Nc1ccc(F)cc1)C2=O. The second kappa shape index (κ2) is 9.35. The van der Waals surface area contributed by atoms with E-state index in [1.54, 1.807) is 9.80 Å². The van der Waals surface area contributed by atoms with Crippen molar-refractivity contribution in [3.8, 4) is 0 Å². The molecule has 9 heteroatoms. The zero-order valence-corrected chi connectivity index (χ0v) is 19.6. The van der Waals surface area contributed by atoms with Gasteiger partial charge in [-0.15, -0.1) is 0 Å². The molecule has 2 aliphatic rings. The van der Waals surface area contributed by atoms with E-state index in [0.717, 1.165) is 5.56 Å². The number of amides is 4. The monoisotopic (exact) mass is 470 g/mol. The molecule has 33 heavy (non-hydrogen) atoms. The molecule has 7 nitrogen and oxygen atoms in total. The molecule has 0 aliphatic carbocycles. The number of nitrogens with one attached hydrogen (secondary N) is 2. The number of nitrogens with zero attached hydrogens (tertiary/aromatic N) is 2. The van der Waals surface area contributed by atoms with Gasteiger partial charge in [-0.3, -0.25) is 14.5 Å². The molecule has 2 aliphatic heterocycles. The van der Waals surface area contributed by atoms with Crippen LogP contribution >= 0.6 is 11.3 Å². The number of anilines is 1. The molecule has 4 rings (SSSR count). The summed E-state index contributed by atoms with van der Waals surface area (Å²) in [5.41, 5.74) is 2.47. The van der Waals surface area contributed by atoms with Crippen molar-refractivity contribution in [1.29, 1.82) is 0 Å². The van der Waals surface area contributed by atoms with Gasteiger partial charge in [0, 0.05) is 12.2 Å². The lowest BCUT2D eigenvalue weighted by atomic mass is 9.97. The third-order valence-electron chi connectivity index (χ3n) is 5.93. The van der Waals surface area contributed by atoms with Crippen LogP contribution in [0.2, 0.25) is 0 Å². The number of benzene rings is 1. The van der Waals surface area contributed by atoms with Gasteiger partial charge in [0.1, 0.15) is 11.9 Å². The predicted octanol–water partition coefficient (Wildman–Crippen LogP) is 4.12. The van der Waals surface area contributed by atoms with Crippen LogP contribution in [-0.4, -0.2) is 46.8 Å². The van der Waals surface area contributed by atoms with E-state index < -0.39 is 17.9 Å². The first kappa shape index (κ1) is 23.0. The van der Waals surface area contributed by atoms with Crippen LogP contribution in [0.4, 0.5) is 14.9 Å². The minimum absolute atomic E-state index is 0.147. The Balaban J connectivity index is 1.65. The highest BCUT2D eigenvalue weighted by atomic mass is 32.1. The van der Waals surface area contributed by atoms with Crippen LogP contribution in [0.25, 0.3) is 0 Å². The fourth-order valence-corrected chi connectivity index (χ4v) is 5.06. The van der Waals surface area contributed by atoms with E-state index in [4.69, 9.17) is 0 Å². The third kappa shape index (κ3) is 4.50. The van der Waals surface area contributed by atoms with E-state index in [-0.39, 0.29) is 30.3 Å². The second-order valence-electron chi connectivity index (χ2n) is 8.62. The summed E-state index contributed by atoms with van der Waals surface area (Å²) in [6.45, 7) is 6.44. The van der Waals surface area contributed by atoms with Gasteiger partial charge in [0.2, 0.25) is 5.91 Å². The Morgan fingerprint density at radius 1 is 1.24 bits per heavy atom. The normalized spacial score (nSPS) is 19.1. The van der Waals surface area contributed by atoms with E-state index in [9.17, 15) is 18.8 Å². The molecule has 0 spiro atoms. The second-order valence-corrected chi connectivity index (χ2v) is 9.40. The number of carbonyl (C=O) groups is 3. The predicted molar refractivity (Wildman–Crippen MR) is 125 cm³/mol. The van der Waals surface area contributed by atoms with Crippen molar-refractivity contribution in [1.82, 2.24) is 15.1 Å². The molecule has 0 bridgehead atoms. The highest BCUT2D eigenvalue weighted by Crippen LogP contribution is 2.38. The van der Waals surface area contributed by atoms with Crippen molar-refractivity contribution in [2.75, 3.05) is 18.4 Å². The Kier molecular flexibility index (Phi) is 6.51. The summed E-state index contributed by atoms with van der Waals surface area (Å²) in [5, 5.41) is 9.58. The van der Waals surface area contributed by atoms with Gasteiger partial charge in [-0.1, -0.05) is 13.8 Å². The van der Waals surface area contributed by atoms with Crippen LogP contribution < -0.4 is 10.6 Å². The minimum Gasteiger partial charge on any atom is -0.326 e. The Labute approximate surface area is 196 Å². The zero-order valence-electron chi connectivity index (χ0n) is 18.8. The summed E-state index contributed by atoms with van der Waals surface area (Å²) in [6.07, 6.45) is 0.454. The Morgan fingerprint density at radius 3 is 2.58 bits per heavy atom. The van der Waals surface area contributed by atoms with Crippen LogP contribution in [-0.2, 0) is 9.59 Å². The highest BCUT2D eigenvalue weighted by Gasteiger charge is 2.46. The molecule has 2 atom stereocenters. The van der Waals surface area contributed by atoms with E-state index >= 15 is 0 Å². The lowest BCUT2D eigenvalue weighted by Gasteiger charge is -2.32. The van der Waals surface area contributed by atoms with Crippen LogP contribution in [0, 0.1) is 11.7 Å². The molecular weight excluding hydrogens is 443 g/mol. The standard InChI is InChI=1S/C24H27FN4O3S/c1-4-28-19-12-29(23(31)20(19)21(27-24(28)32)15-9-10-33-13-15)18(11-14(2)3)22(30)26-17-7-5-16(25)6-8-17/h5-10,13-14,18,21H,4,11-12H2,1-3H3,(H,26,30)(H,27,32)/t18-,21+/m1/s1. The molecule has 0 saturated carbocycles. The summed E-state index contributed by atoms with van der Waals surface area (Å²) in [5.74, 6) is -0.832. The first-order valence-corrected chi connectivity index (χ1v) is 11.9. The fourth-order valence-electron chi connectivity index (χ4n) is 4.37. The molecule has 2 N–H and O–H groups in total. The van der Waals surface area contributed by atoms with Crippen molar-refractivity contribution in [3.63, 3.8) is 0 Å². The third-order valence-corrected chi connectivity index (χ3v) is 6.63. The lowest BCUT2D eigenvalue weighted by Crippen LogP contribution is -2.47. The number of hydrogen-bond donors (Lipinski definition) is 2. The molecule has 0 unspecified atom stereocenters.